The summed E-state index contributed by atoms with van der Waals surface area (Å²) in [4.78, 5) is 15.0. The van der Waals surface area contributed by atoms with E-state index in [-0.39, 0.29) is 11.1 Å². The average molecular weight is 298 g/mol. The number of pyridine rings is 1. The lowest BCUT2D eigenvalue weighted by Gasteiger charge is -2.23. The summed E-state index contributed by atoms with van der Waals surface area (Å²) in [7, 11) is 0. The van der Waals surface area contributed by atoms with Crippen LogP contribution in [0, 0.1) is 5.41 Å². The van der Waals surface area contributed by atoms with Gasteiger partial charge in [-0.05, 0) is 30.5 Å². The van der Waals surface area contributed by atoms with Crippen LogP contribution in [0.5, 0.6) is 0 Å². The van der Waals surface area contributed by atoms with E-state index in [1.807, 2.05) is 30.3 Å². The van der Waals surface area contributed by atoms with Gasteiger partial charge in [0.2, 0.25) is 0 Å². The zero-order valence-corrected chi connectivity index (χ0v) is 12.1. The molecule has 3 rings (SSSR count). The van der Waals surface area contributed by atoms with E-state index in [4.69, 9.17) is 5.11 Å². The summed E-state index contributed by atoms with van der Waals surface area (Å²) < 4.78 is 0. The van der Waals surface area contributed by atoms with E-state index < -0.39 is 12.1 Å². The first-order valence-corrected chi connectivity index (χ1v) is 7.28. The Bertz CT molecular complexity index is 669. The lowest BCUT2D eigenvalue weighted by atomic mass is 9.93. The molecule has 3 N–H and O–H groups in total. The third-order valence-electron chi connectivity index (χ3n) is 4.18. The molecule has 114 valence electrons. The molecule has 5 nitrogen and oxygen atoms in total. The maximum absolute atomic E-state index is 10.9. The Balaban J connectivity index is 1.68. The average Bonchev–Trinajstić information content (AvgIpc) is 3.34. The Hall–Kier alpha value is -2.40. The van der Waals surface area contributed by atoms with Crippen molar-refractivity contribution < 1.29 is 15.0 Å². The molecule has 5 heteroatoms. The van der Waals surface area contributed by atoms with Crippen molar-refractivity contribution in [1.29, 1.82) is 0 Å². The Labute approximate surface area is 128 Å². The third kappa shape index (κ3) is 2.94. The predicted octanol–water partition coefficient (Wildman–Crippen LogP) is 2.71. The van der Waals surface area contributed by atoms with Crippen LogP contribution in [0.2, 0.25) is 0 Å². The quantitative estimate of drug-likeness (QED) is 0.764. The molecule has 0 aliphatic heterocycles. The van der Waals surface area contributed by atoms with Crippen LogP contribution in [-0.2, 0) is 0 Å². The van der Waals surface area contributed by atoms with E-state index in [9.17, 15) is 9.90 Å². The SMILES string of the molecule is O=C(O)c1cccc(NCC2(C(O)c3ccccc3)CC2)n1. The summed E-state index contributed by atoms with van der Waals surface area (Å²) in [6.07, 6.45) is 1.35. The first-order valence-electron chi connectivity index (χ1n) is 7.28. The van der Waals surface area contributed by atoms with Crippen LogP contribution in [0.15, 0.2) is 48.5 Å². The van der Waals surface area contributed by atoms with Gasteiger partial charge in [0, 0.05) is 12.0 Å². The molecule has 1 saturated carbocycles. The van der Waals surface area contributed by atoms with Gasteiger partial charge in [0.1, 0.15) is 5.82 Å². The number of aromatic carboxylic acids is 1. The van der Waals surface area contributed by atoms with E-state index in [0.29, 0.717) is 12.4 Å². The van der Waals surface area contributed by atoms with Gasteiger partial charge in [0.25, 0.3) is 0 Å². The number of hydrogen-bond donors (Lipinski definition) is 3. The number of carboxylic acids is 1. The predicted molar refractivity (Wildman–Crippen MR) is 82.8 cm³/mol. The maximum Gasteiger partial charge on any atom is 0.354 e. The van der Waals surface area contributed by atoms with Gasteiger partial charge in [0.05, 0.1) is 6.10 Å². The highest BCUT2D eigenvalue weighted by atomic mass is 16.4. The number of nitrogens with zero attached hydrogens (tertiary/aromatic N) is 1. The van der Waals surface area contributed by atoms with Crippen LogP contribution in [0.3, 0.4) is 0 Å². The van der Waals surface area contributed by atoms with Crippen LogP contribution < -0.4 is 5.32 Å². The van der Waals surface area contributed by atoms with Gasteiger partial charge in [-0.15, -0.1) is 0 Å². The molecule has 0 bridgehead atoms. The highest BCUT2D eigenvalue weighted by Gasteiger charge is 2.49. The maximum atomic E-state index is 10.9. The normalized spacial score (nSPS) is 16.8. The van der Waals surface area contributed by atoms with Gasteiger partial charge < -0.3 is 15.5 Å². The van der Waals surface area contributed by atoms with E-state index >= 15 is 0 Å². The summed E-state index contributed by atoms with van der Waals surface area (Å²) in [5.41, 5.74) is 0.731. The molecule has 1 aromatic carbocycles. The topological polar surface area (TPSA) is 82.5 Å². The number of anilines is 1. The van der Waals surface area contributed by atoms with Crippen LogP contribution >= 0.6 is 0 Å². The highest BCUT2D eigenvalue weighted by molar-refractivity contribution is 5.85. The van der Waals surface area contributed by atoms with Crippen molar-refractivity contribution in [3.63, 3.8) is 0 Å². The van der Waals surface area contributed by atoms with Gasteiger partial charge in [-0.25, -0.2) is 9.78 Å². The fourth-order valence-electron chi connectivity index (χ4n) is 2.62. The number of aliphatic hydroxyl groups is 1. The Kier molecular flexibility index (Phi) is 3.81. The number of nitrogens with one attached hydrogen (secondary N) is 1. The number of aliphatic hydroxyl groups excluding tert-OH is 1. The monoisotopic (exact) mass is 298 g/mol. The van der Waals surface area contributed by atoms with Gasteiger partial charge in [-0.1, -0.05) is 36.4 Å². The molecule has 1 unspecified atom stereocenters. The van der Waals surface area contributed by atoms with E-state index in [1.165, 1.54) is 6.07 Å². The minimum Gasteiger partial charge on any atom is -0.477 e. The second-order valence-corrected chi connectivity index (χ2v) is 5.74. The lowest BCUT2D eigenvalue weighted by Crippen LogP contribution is -2.23. The van der Waals surface area contributed by atoms with Gasteiger partial charge in [-0.2, -0.15) is 0 Å². The fraction of sp³-hybridized carbons (Fsp3) is 0.294. The minimum absolute atomic E-state index is 0.0125. The Morgan fingerprint density at radius 2 is 1.91 bits per heavy atom. The summed E-state index contributed by atoms with van der Waals surface area (Å²) >= 11 is 0. The molecular weight excluding hydrogens is 280 g/mol. The van der Waals surface area contributed by atoms with Crippen molar-refractivity contribution in [1.82, 2.24) is 4.98 Å². The third-order valence-corrected chi connectivity index (χ3v) is 4.18. The first kappa shape index (κ1) is 14.5. The lowest BCUT2D eigenvalue weighted by molar-refractivity contribution is 0.0690. The summed E-state index contributed by atoms with van der Waals surface area (Å²) in [6.45, 7) is 0.569. The smallest absolute Gasteiger partial charge is 0.354 e. The van der Waals surface area contributed by atoms with Gasteiger partial charge >= 0.3 is 5.97 Å². The second-order valence-electron chi connectivity index (χ2n) is 5.74. The molecule has 0 saturated heterocycles. The van der Waals surface area contributed by atoms with E-state index in [1.54, 1.807) is 12.1 Å². The van der Waals surface area contributed by atoms with Crippen LogP contribution in [0.1, 0.15) is 35.0 Å². The van der Waals surface area contributed by atoms with Crippen LogP contribution in [0.4, 0.5) is 5.82 Å². The van der Waals surface area contributed by atoms with Crippen molar-refractivity contribution >= 4 is 11.8 Å². The zero-order valence-electron chi connectivity index (χ0n) is 12.1. The standard InChI is InChI=1S/C17H18N2O3/c20-15(12-5-2-1-3-6-12)17(9-10-17)11-18-14-8-4-7-13(19-14)16(21)22/h1-8,15,20H,9-11H2,(H,18,19)(H,21,22). The molecule has 1 aliphatic carbocycles. The largest absolute Gasteiger partial charge is 0.477 e. The molecule has 1 atom stereocenters. The molecule has 0 amide bonds. The zero-order chi connectivity index (χ0) is 15.6. The molecule has 1 aromatic heterocycles. The summed E-state index contributed by atoms with van der Waals surface area (Å²) in [5, 5.41) is 22.7. The molecule has 1 heterocycles. The molecule has 0 spiro atoms. The van der Waals surface area contributed by atoms with E-state index in [2.05, 4.69) is 10.3 Å². The summed E-state index contributed by atoms with van der Waals surface area (Å²) in [6, 6.07) is 14.5. The molecule has 0 radical (unpaired) electrons. The first-order chi connectivity index (χ1) is 10.6. The van der Waals surface area contributed by atoms with E-state index in [0.717, 1.165) is 18.4 Å². The minimum atomic E-state index is -1.05. The number of benzene rings is 1. The molecule has 22 heavy (non-hydrogen) atoms. The second kappa shape index (κ2) is 5.77. The Morgan fingerprint density at radius 1 is 1.18 bits per heavy atom. The van der Waals surface area contributed by atoms with Crippen LogP contribution in [-0.4, -0.2) is 27.7 Å². The Morgan fingerprint density at radius 3 is 2.55 bits per heavy atom. The van der Waals surface area contributed by atoms with Crippen molar-refractivity contribution in [2.24, 2.45) is 5.41 Å². The van der Waals surface area contributed by atoms with Crippen molar-refractivity contribution in [3.8, 4) is 0 Å². The van der Waals surface area contributed by atoms with Gasteiger partial charge in [-0.3, -0.25) is 0 Å². The molecule has 2 aromatic rings. The van der Waals surface area contributed by atoms with Crippen molar-refractivity contribution in [2.45, 2.75) is 18.9 Å². The van der Waals surface area contributed by atoms with Crippen molar-refractivity contribution in [2.75, 3.05) is 11.9 Å². The molecular formula is C17H18N2O3. The molecule has 1 fully saturated rings. The fourth-order valence-corrected chi connectivity index (χ4v) is 2.62. The number of carboxylic acid groups (broad SMARTS) is 1. The number of hydrogen-bond acceptors (Lipinski definition) is 4. The van der Waals surface area contributed by atoms with Gasteiger partial charge in [0.15, 0.2) is 5.69 Å². The summed E-state index contributed by atoms with van der Waals surface area (Å²) in [5.74, 6) is -0.527. The highest BCUT2D eigenvalue weighted by Crippen LogP contribution is 2.54. The number of carbonyl (C=O) groups is 1. The van der Waals surface area contributed by atoms with Crippen molar-refractivity contribution in [3.05, 3.63) is 59.8 Å². The number of aromatic nitrogens is 1. The van der Waals surface area contributed by atoms with Crippen LogP contribution in [0.25, 0.3) is 0 Å². The number of rotatable bonds is 6. The molecule has 1 aliphatic rings.